The van der Waals surface area contributed by atoms with E-state index in [-0.39, 0.29) is 18.5 Å². The van der Waals surface area contributed by atoms with Crippen molar-refractivity contribution in [3.05, 3.63) is 39.4 Å². The highest BCUT2D eigenvalue weighted by atomic mass is 79.9. The Labute approximate surface area is 182 Å². The van der Waals surface area contributed by atoms with Crippen LogP contribution in [0.5, 0.6) is 0 Å². The van der Waals surface area contributed by atoms with Crippen molar-refractivity contribution in [2.24, 2.45) is 0 Å². The van der Waals surface area contributed by atoms with E-state index in [0.29, 0.717) is 23.9 Å². The van der Waals surface area contributed by atoms with Crippen LogP contribution in [0, 0.1) is 0 Å². The molecule has 0 aliphatic carbocycles. The molecule has 1 amide bonds. The van der Waals surface area contributed by atoms with Crippen molar-refractivity contribution in [2.45, 2.75) is 50.2 Å². The molecule has 1 fully saturated rings. The minimum Gasteiger partial charge on any atom is -0.350 e. The Hall–Kier alpha value is -1.82. The number of halogens is 1. The van der Waals surface area contributed by atoms with Gasteiger partial charge in [0.25, 0.3) is 11.5 Å². The van der Waals surface area contributed by atoms with Gasteiger partial charge in [0.1, 0.15) is 0 Å². The fourth-order valence-electron chi connectivity index (χ4n) is 3.12. The number of ether oxygens (including phenoxy) is 1. The van der Waals surface area contributed by atoms with Gasteiger partial charge in [0.2, 0.25) is 0 Å². The number of hydroxylamine groups is 1. The Bertz CT molecular complexity index is 1100. The van der Waals surface area contributed by atoms with Crippen molar-refractivity contribution < 1.29 is 22.8 Å². The predicted molar refractivity (Wildman–Crippen MR) is 114 cm³/mol. The maximum Gasteiger partial charge on any atom is 0.264 e. The second-order valence-corrected chi connectivity index (χ2v) is 10.9. The molecule has 1 unspecified atom stereocenters. The van der Waals surface area contributed by atoms with Crippen molar-refractivity contribution in [1.82, 2.24) is 15.0 Å². The van der Waals surface area contributed by atoms with Gasteiger partial charge in [-0.2, -0.15) is 0 Å². The van der Waals surface area contributed by atoms with E-state index >= 15 is 0 Å². The molecule has 1 N–H and O–H groups in total. The summed E-state index contributed by atoms with van der Waals surface area (Å²) in [6, 6.07) is 5.10. The molecule has 2 aromatic rings. The Balaban J connectivity index is 1.77. The summed E-state index contributed by atoms with van der Waals surface area (Å²) >= 11 is 3.33. The first kappa shape index (κ1) is 22.9. The molecular weight excluding hydrogens is 478 g/mol. The molecule has 9 nitrogen and oxygen atoms in total. The van der Waals surface area contributed by atoms with E-state index in [1.807, 2.05) is 0 Å². The standard InChI is InChI=1S/C19H24BrN3O6S/c1-19(30(2,26)27,18(25)22-29-16-5-3-4-10-28-16)8-9-23-12-21-15-11-13(20)6-7-14(15)17(23)24/h6-7,11-12,16H,3-5,8-10H2,1-2H3,(H,22,25)/t16?,19-/m1/s1. The zero-order valence-electron chi connectivity index (χ0n) is 16.8. The first-order chi connectivity index (χ1) is 14.1. The second kappa shape index (κ2) is 9.13. The van der Waals surface area contributed by atoms with Crippen molar-refractivity contribution >= 4 is 42.6 Å². The minimum absolute atomic E-state index is 0.00520. The van der Waals surface area contributed by atoms with Crippen molar-refractivity contribution in [3.63, 3.8) is 0 Å². The third-order valence-corrected chi connectivity index (χ3v) is 7.86. The number of rotatable bonds is 7. The minimum atomic E-state index is -3.82. The normalized spacial score (nSPS) is 19.4. The van der Waals surface area contributed by atoms with Gasteiger partial charge in [0.05, 0.1) is 17.2 Å². The third kappa shape index (κ3) is 4.90. The number of hydrogen-bond acceptors (Lipinski definition) is 7. The predicted octanol–water partition coefficient (Wildman–Crippen LogP) is 1.93. The molecule has 0 spiro atoms. The molecule has 2 atom stereocenters. The quantitative estimate of drug-likeness (QED) is 0.575. The summed E-state index contributed by atoms with van der Waals surface area (Å²) in [5.41, 5.74) is 2.45. The molecule has 2 heterocycles. The lowest BCUT2D eigenvalue weighted by atomic mass is 10.1. The number of benzene rings is 1. The molecule has 11 heteroatoms. The van der Waals surface area contributed by atoms with Crippen LogP contribution >= 0.6 is 15.9 Å². The fourth-order valence-corrected chi connectivity index (χ4v) is 4.31. The van der Waals surface area contributed by atoms with Crippen molar-refractivity contribution in [1.29, 1.82) is 0 Å². The van der Waals surface area contributed by atoms with Gasteiger partial charge in [-0.05, 0) is 44.4 Å². The number of sulfone groups is 1. The lowest BCUT2D eigenvalue weighted by Gasteiger charge is -2.28. The Morgan fingerprint density at radius 2 is 2.20 bits per heavy atom. The molecule has 0 radical (unpaired) electrons. The molecule has 1 aliphatic heterocycles. The van der Waals surface area contributed by atoms with Gasteiger partial charge in [-0.1, -0.05) is 15.9 Å². The van der Waals surface area contributed by atoms with Gasteiger partial charge in [0, 0.05) is 30.3 Å². The number of nitrogens with one attached hydrogen (secondary N) is 1. The van der Waals surface area contributed by atoms with E-state index < -0.39 is 26.8 Å². The summed E-state index contributed by atoms with van der Waals surface area (Å²) in [6.07, 6.45) is 4.05. The number of fused-ring (bicyclic) bond motifs is 1. The van der Waals surface area contributed by atoms with E-state index in [2.05, 4.69) is 26.4 Å². The average Bonchev–Trinajstić information content (AvgIpc) is 2.71. The summed E-state index contributed by atoms with van der Waals surface area (Å²) in [7, 11) is -3.82. The maximum absolute atomic E-state index is 12.7. The van der Waals surface area contributed by atoms with E-state index in [1.54, 1.807) is 18.2 Å². The first-order valence-electron chi connectivity index (χ1n) is 9.54. The van der Waals surface area contributed by atoms with Crippen LogP contribution in [0.25, 0.3) is 10.9 Å². The Morgan fingerprint density at radius 3 is 2.87 bits per heavy atom. The van der Waals surface area contributed by atoms with Gasteiger partial charge in [-0.25, -0.2) is 23.7 Å². The molecule has 0 saturated carbocycles. The van der Waals surface area contributed by atoms with Gasteiger partial charge in [-0.15, -0.1) is 0 Å². The molecule has 3 rings (SSSR count). The maximum atomic E-state index is 12.7. The van der Waals surface area contributed by atoms with E-state index in [0.717, 1.165) is 23.6 Å². The van der Waals surface area contributed by atoms with Crippen LogP contribution in [0.15, 0.2) is 33.8 Å². The zero-order chi connectivity index (χ0) is 21.9. The van der Waals surface area contributed by atoms with Crippen molar-refractivity contribution in [2.75, 3.05) is 12.9 Å². The number of nitrogens with zero attached hydrogens (tertiary/aromatic N) is 2. The van der Waals surface area contributed by atoms with E-state index in [9.17, 15) is 18.0 Å². The second-order valence-electron chi connectivity index (χ2n) is 7.50. The number of aryl methyl sites for hydroxylation is 1. The molecule has 1 aromatic carbocycles. The molecule has 1 aromatic heterocycles. The highest BCUT2D eigenvalue weighted by molar-refractivity contribution is 9.10. The molecule has 1 aliphatic rings. The van der Waals surface area contributed by atoms with Crippen LogP contribution in [0.1, 0.15) is 32.6 Å². The Morgan fingerprint density at radius 1 is 1.43 bits per heavy atom. The number of carbonyl (C=O) groups is 1. The van der Waals surface area contributed by atoms with Crippen LogP contribution in [0.4, 0.5) is 0 Å². The van der Waals surface area contributed by atoms with Crippen LogP contribution in [0.2, 0.25) is 0 Å². The summed E-state index contributed by atoms with van der Waals surface area (Å²) < 4.78 is 30.6. The Kier molecular flexibility index (Phi) is 6.95. The molecule has 1 saturated heterocycles. The largest absolute Gasteiger partial charge is 0.350 e. The van der Waals surface area contributed by atoms with Gasteiger partial charge < -0.3 is 4.74 Å². The third-order valence-electron chi connectivity index (χ3n) is 5.34. The lowest BCUT2D eigenvalue weighted by Crippen LogP contribution is -2.51. The first-order valence-corrected chi connectivity index (χ1v) is 12.2. The van der Waals surface area contributed by atoms with Gasteiger partial charge >= 0.3 is 0 Å². The molecular formula is C19H24BrN3O6S. The average molecular weight is 502 g/mol. The van der Waals surface area contributed by atoms with Gasteiger partial charge in [-0.3, -0.25) is 14.2 Å². The monoisotopic (exact) mass is 501 g/mol. The van der Waals surface area contributed by atoms with E-state index in [4.69, 9.17) is 9.57 Å². The summed E-state index contributed by atoms with van der Waals surface area (Å²) in [6.45, 7) is 1.84. The highest BCUT2D eigenvalue weighted by Crippen LogP contribution is 2.23. The van der Waals surface area contributed by atoms with Crippen LogP contribution in [-0.2, 0) is 30.8 Å². The summed E-state index contributed by atoms with van der Waals surface area (Å²) in [5.74, 6) is -0.801. The zero-order valence-corrected chi connectivity index (χ0v) is 19.2. The summed E-state index contributed by atoms with van der Waals surface area (Å²) in [4.78, 5) is 35.0. The number of aromatic nitrogens is 2. The van der Waals surface area contributed by atoms with Crippen molar-refractivity contribution in [3.8, 4) is 0 Å². The van der Waals surface area contributed by atoms with Gasteiger partial charge in [0.15, 0.2) is 20.9 Å². The smallest absolute Gasteiger partial charge is 0.264 e. The number of hydrogen-bond donors (Lipinski definition) is 1. The SMILES string of the molecule is C[C@@](CCn1cnc2cc(Br)ccc2c1=O)(C(=O)NOC1CCCCO1)S(C)(=O)=O. The van der Waals surface area contributed by atoms with Crippen LogP contribution in [-0.4, -0.2) is 47.8 Å². The molecule has 0 bridgehead atoms. The molecule has 30 heavy (non-hydrogen) atoms. The molecule has 164 valence electrons. The highest BCUT2D eigenvalue weighted by Gasteiger charge is 2.44. The lowest BCUT2D eigenvalue weighted by molar-refractivity contribution is -0.201. The van der Waals surface area contributed by atoms with E-state index in [1.165, 1.54) is 17.8 Å². The van der Waals surface area contributed by atoms with Crippen LogP contribution in [0.3, 0.4) is 0 Å². The van der Waals surface area contributed by atoms with Crippen LogP contribution < -0.4 is 11.0 Å². The number of carbonyl (C=O) groups excluding carboxylic acids is 1. The summed E-state index contributed by atoms with van der Waals surface area (Å²) in [5, 5.41) is 0.406. The number of amides is 1. The fraction of sp³-hybridized carbons (Fsp3) is 0.526. The topological polar surface area (TPSA) is 117 Å².